The summed E-state index contributed by atoms with van der Waals surface area (Å²) in [7, 11) is 0. The molecule has 38 heavy (non-hydrogen) atoms. The number of nitrogen functional groups attached to an aromatic ring is 1. The zero-order chi connectivity index (χ0) is 26.7. The van der Waals surface area contributed by atoms with Crippen molar-refractivity contribution in [3.05, 3.63) is 77.5 Å². The van der Waals surface area contributed by atoms with E-state index in [0.717, 1.165) is 49.2 Å². The Labute approximate surface area is 220 Å². The van der Waals surface area contributed by atoms with Gasteiger partial charge in [-0.2, -0.15) is 13.2 Å². The lowest BCUT2D eigenvalue weighted by Gasteiger charge is -2.36. The molecule has 0 saturated carbocycles. The number of ether oxygens (including phenoxy) is 1. The lowest BCUT2D eigenvalue weighted by molar-refractivity contribution is -0.137. The minimum absolute atomic E-state index is 0.0485. The highest BCUT2D eigenvalue weighted by Crippen LogP contribution is 2.31. The van der Waals surface area contributed by atoms with Crippen LogP contribution < -0.4 is 10.5 Å². The van der Waals surface area contributed by atoms with Crippen molar-refractivity contribution in [3.8, 4) is 16.9 Å². The normalized spacial score (nSPS) is 17.1. The SMILES string of the molecule is Nc1ncc(-c2ccc(C(=O)N3CCC(N4CCCC4)CC3)cc2)cc1OCc1ccc(C(F)(F)F)cc1. The third kappa shape index (κ3) is 5.93. The Morgan fingerprint density at radius 2 is 1.61 bits per heavy atom. The zero-order valence-corrected chi connectivity index (χ0v) is 21.1. The quantitative estimate of drug-likeness (QED) is 0.453. The fourth-order valence-electron chi connectivity index (χ4n) is 5.21. The number of benzene rings is 2. The van der Waals surface area contributed by atoms with E-state index in [-0.39, 0.29) is 18.3 Å². The topological polar surface area (TPSA) is 71.7 Å². The molecule has 9 heteroatoms. The summed E-state index contributed by atoms with van der Waals surface area (Å²) in [6.07, 6.45) is 1.85. The number of pyridine rings is 1. The van der Waals surface area contributed by atoms with Crippen molar-refractivity contribution < 1.29 is 22.7 Å². The third-order valence-corrected chi connectivity index (χ3v) is 7.43. The molecule has 2 aromatic carbocycles. The maximum absolute atomic E-state index is 13.1. The second-order valence-electron chi connectivity index (χ2n) is 9.93. The maximum Gasteiger partial charge on any atom is 0.416 e. The molecular formula is C29H31F3N4O2. The first-order valence-electron chi connectivity index (χ1n) is 13.0. The molecule has 2 aliphatic rings. The highest BCUT2D eigenvalue weighted by atomic mass is 19.4. The number of aromatic nitrogens is 1. The molecule has 1 amide bonds. The second-order valence-corrected chi connectivity index (χ2v) is 9.93. The predicted octanol–water partition coefficient (Wildman–Crippen LogP) is 5.63. The summed E-state index contributed by atoms with van der Waals surface area (Å²) in [4.78, 5) is 21.8. The third-order valence-electron chi connectivity index (χ3n) is 7.43. The lowest BCUT2D eigenvalue weighted by Crippen LogP contribution is -2.45. The maximum atomic E-state index is 13.1. The van der Waals surface area contributed by atoms with Crippen LogP contribution in [0.1, 0.15) is 47.2 Å². The van der Waals surface area contributed by atoms with Gasteiger partial charge < -0.3 is 20.3 Å². The highest BCUT2D eigenvalue weighted by Gasteiger charge is 2.30. The number of likely N-dealkylation sites (tertiary alicyclic amines) is 2. The van der Waals surface area contributed by atoms with Crippen molar-refractivity contribution in [2.75, 3.05) is 31.9 Å². The van der Waals surface area contributed by atoms with Gasteiger partial charge in [0.05, 0.1) is 5.56 Å². The van der Waals surface area contributed by atoms with E-state index < -0.39 is 11.7 Å². The molecule has 6 nitrogen and oxygen atoms in total. The standard InChI is InChI=1S/C29H31F3N4O2/c30-29(31,32)24-9-3-20(4-10-24)19-38-26-17-23(18-34-27(26)33)21-5-7-22(8-6-21)28(37)36-15-11-25(12-16-36)35-13-1-2-14-35/h3-10,17-18,25H,1-2,11-16,19H2,(H2,33,34). The number of rotatable bonds is 6. The van der Waals surface area contributed by atoms with E-state index in [0.29, 0.717) is 22.9 Å². The van der Waals surface area contributed by atoms with Gasteiger partial charge in [-0.1, -0.05) is 24.3 Å². The van der Waals surface area contributed by atoms with Crippen molar-refractivity contribution in [2.45, 2.75) is 44.5 Å². The Morgan fingerprint density at radius 1 is 0.947 bits per heavy atom. The average molecular weight is 525 g/mol. The molecule has 0 unspecified atom stereocenters. The summed E-state index contributed by atoms with van der Waals surface area (Å²) in [5.74, 6) is 0.570. The molecule has 2 saturated heterocycles. The van der Waals surface area contributed by atoms with Crippen molar-refractivity contribution in [1.82, 2.24) is 14.8 Å². The summed E-state index contributed by atoms with van der Waals surface area (Å²) in [5.41, 5.74) is 8.09. The van der Waals surface area contributed by atoms with Crippen LogP contribution in [0.2, 0.25) is 0 Å². The summed E-state index contributed by atoms with van der Waals surface area (Å²) in [6.45, 7) is 3.98. The largest absolute Gasteiger partial charge is 0.485 e. The minimum Gasteiger partial charge on any atom is -0.485 e. The van der Waals surface area contributed by atoms with Crippen molar-refractivity contribution in [1.29, 1.82) is 0 Å². The van der Waals surface area contributed by atoms with E-state index in [2.05, 4.69) is 9.88 Å². The van der Waals surface area contributed by atoms with Crippen molar-refractivity contribution in [3.63, 3.8) is 0 Å². The fraction of sp³-hybridized carbons (Fsp3) is 0.379. The second kappa shape index (κ2) is 11.0. The van der Waals surface area contributed by atoms with E-state index in [9.17, 15) is 18.0 Å². The zero-order valence-electron chi connectivity index (χ0n) is 21.1. The van der Waals surface area contributed by atoms with E-state index in [1.807, 2.05) is 29.2 Å². The average Bonchev–Trinajstić information content (AvgIpc) is 3.47. The van der Waals surface area contributed by atoms with Gasteiger partial charge in [-0.05, 0) is 80.2 Å². The molecular weight excluding hydrogens is 493 g/mol. The van der Waals surface area contributed by atoms with Gasteiger partial charge in [0.25, 0.3) is 5.91 Å². The molecule has 0 radical (unpaired) electrons. The number of amides is 1. The van der Waals surface area contributed by atoms with E-state index in [1.165, 1.54) is 38.1 Å². The van der Waals surface area contributed by atoms with Crippen molar-refractivity contribution >= 4 is 11.7 Å². The molecule has 0 atom stereocenters. The van der Waals surface area contributed by atoms with Crippen LogP contribution in [0, 0.1) is 0 Å². The number of anilines is 1. The number of hydrogen-bond donors (Lipinski definition) is 1. The van der Waals surface area contributed by atoms with Gasteiger partial charge in [-0.15, -0.1) is 0 Å². The van der Waals surface area contributed by atoms with Gasteiger partial charge in [0.15, 0.2) is 11.6 Å². The number of halogens is 3. The van der Waals surface area contributed by atoms with Crippen LogP contribution in [0.5, 0.6) is 5.75 Å². The first kappa shape index (κ1) is 26.0. The summed E-state index contributed by atoms with van der Waals surface area (Å²) in [6, 6.07) is 14.5. The number of nitrogens with zero attached hydrogens (tertiary/aromatic N) is 3. The summed E-state index contributed by atoms with van der Waals surface area (Å²) in [5, 5.41) is 0. The Kier molecular flexibility index (Phi) is 7.56. The Hall–Kier alpha value is -3.59. The summed E-state index contributed by atoms with van der Waals surface area (Å²) < 4.78 is 44.1. The van der Waals surface area contributed by atoms with Crippen LogP contribution >= 0.6 is 0 Å². The van der Waals surface area contributed by atoms with Crippen LogP contribution in [0.25, 0.3) is 11.1 Å². The van der Waals surface area contributed by atoms with Crippen LogP contribution in [0.3, 0.4) is 0 Å². The monoisotopic (exact) mass is 524 g/mol. The molecule has 0 aliphatic carbocycles. The van der Waals surface area contributed by atoms with E-state index in [1.54, 1.807) is 12.3 Å². The Balaban J connectivity index is 1.20. The minimum atomic E-state index is -4.38. The van der Waals surface area contributed by atoms with Crippen LogP contribution in [0.15, 0.2) is 60.8 Å². The smallest absolute Gasteiger partial charge is 0.416 e. The Bertz CT molecular complexity index is 1250. The van der Waals surface area contributed by atoms with Gasteiger partial charge in [0.2, 0.25) is 0 Å². The number of carbonyl (C=O) groups is 1. The fourth-order valence-corrected chi connectivity index (χ4v) is 5.21. The van der Waals surface area contributed by atoms with Gasteiger partial charge in [-0.25, -0.2) is 4.98 Å². The molecule has 3 heterocycles. The molecule has 2 fully saturated rings. The molecule has 2 N–H and O–H groups in total. The number of nitrogens with two attached hydrogens (primary N) is 1. The molecule has 200 valence electrons. The summed E-state index contributed by atoms with van der Waals surface area (Å²) >= 11 is 0. The predicted molar refractivity (Wildman–Crippen MR) is 140 cm³/mol. The van der Waals surface area contributed by atoms with Gasteiger partial charge >= 0.3 is 6.18 Å². The van der Waals surface area contributed by atoms with E-state index >= 15 is 0 Å². The Morgan fingerprint density at radius 3 is 2.24 bits per heavy atom. The van der Waals surface area contributed by atoms with Crippen LogP contribution in [-0.4, -0.2) is 52.9 Å². The highest BCUT2D eigenvalue weighted by molar-refractivity contribution is 5.94. The first-order chi connectivity index (χ1) is 18.3. The van der Waals surface area contributed by atoms with Crippen molar-refractivity contribution in [2.24, 2.45) is 0 Å². The molecule has 2 aliphatic heterocycles. The number of hydrogen-bond acceptors (Lipinski definition) is 5. The first-order valence-corrected chi connectivity index (χ1v) is 13.0. The van der Waals surface area contributed by atoms with Crippen LogP contribution in [-0.2, 0) is 12.8 Å². The number of alkyl halides is 3. The van der Waals surface area contributed by atoms with Crippen LogP contribution in [0.4, 0.5) is 19.0 Å². The molecule has 3 aromatic rings. The van der Waals surface area contributed by atoms with Gasteiger partial charge in [0.1, 0.15) is 6.61 Å². The molecule has 1 aromatic heterocycles. The lowest BCUT2D eigenvalue weighted by atomic mass is 10.0. The van der Waals surface area contributed by atoms with E-state index in [4.69, 9.17) is 10.5 Å². The van der Waals surface area contributed by atoms with Gasteiger partial charge in [-0.3, -0.25) is 4.79 Å². The molecule has 5 rings (SSSR count). The van der Waals surface area contributed by atoms with Gasteiger partial charge in [0, 0.05) is 36.5 Å². The number of piperidine rings is 1. The molecule has 0 bridgehead atoms. The number of carbonyl (C=O) groups excluding carboxylic acids is 1. The molecule has 0 spiro atoms.